The van der Waals surface area contributed by atoms with Crippen LogP contribution in [0.5, 0.6) is 5.75 Å². The van der Waals surface area contributed by atoms with Crippen molar-refractivity contribution in [3.8, 4) is 5.75 Å². The quantitative estimate of drug-likeness (QED) is 0.360. The number of nitrogens with zero attached hydrogens (tertiary/aromatic N) is 1. The van der Waals surface area contributed by atoms with Crippen LogP contribution in [-0.2, 0) is 22.4 Å². The molecule has 4 rings (SSSR count). The number of carbonyl (C=O) groups excluding carboxylic acids is 2. The molecule has 3 N–H and O–H groups in total. The maximum Gasteiger partial charge on any atom is 0.336 e. The Balaban J connectivity index is 1.55. The molecule has 1 aliphatic carbocycles. The van der Waals surface area contributed by atoms with E-state index in [2.05, 4.69) is 10.3 Å². The van der Waals surface area contributed by atoms with Gasteiger partial charge in [-0.25, -0.2) is 14.6 Å². The van der Waals surface area contributed by atoms with Gasteiger partial charge in [-0.1, -0.05) is 48.0 Å². The summed E-state index contributed by atoms with van der Waals surface area (Å²) in [7, 11) is 1.21. The minimum atomic E-state index is -1.17. The number of rotatable bonds is 9. The van der Waals surface area contributed by atoms with Gasteiger partial charge in [-0.3, -0.25) is 4.79 Å². The molecule has 9 heteroatoms. The molecule has 1 unspecified atom stereocenters. The van der Waals surface area contributed by atoms with Crippen LogP contribution in [0, 0.1) is 5.92 Å². The second-order valence-corrected chi connectivity index (χ2v) is 9.55. The van der Waals surface area contributed by atoms with Gasteiger partial charge >= 0.3 is 11.9 Å². The summed E-state index contributed by atoms with van der Waals surface area (Å²) in [4.78, 5) is 42.0. The molecule has 38 heavy (non-hydrogen) atoms. The second kappa shape index (κ2) is 11.9. The van der Waals surface area contributed by atoms with Gasteiger partial charge in [0.15, 0.2) is 0 Å². The maximum absolute atomic E-state index is 13.1. The number of carboxylic acid groups (broad SMARTS) is 1. The first kappa shape index (κ1) is 26.9. The van der Waals surface area contributed by atoms with E-state index in [0.717, 1.165) is 18.4 Å². The lowest BCUT2D eigenvalue weighted by molar-refractivity contribution is -0.142. The highest BCUT2D eigenvalue weighted by Crippen LogP contribution is 2.19. The van der Waals surface area contributed by atoms with Gasteiger partial charge < -0.3 is 20.3 Å². The fraction of sp³-hybridized carbons (Fsp3) is 0.241. The molecule has 0 bridgehead atoms. The summed E-state index contributed by atoms with van der Waals surface area (Å²) < 4.78 is 4.83. The fourth-order valence-corrected chi connectivity index (χ4v) is 4.53. The van der Waals surface area contributed by atoms with Gasteiger partial charge in [0.25, 0.3) is 5.91 Å². The molecule has 2 atom stereocenters. The van der Waals surface area contributed by atoms with Crippen LogP contribution in [0.25, 0.3) is 12.2 Å². The van der Waals surface area contributed by atoms with Crippen molar-refractivity contribution in [3.63, 3.8) is 0 Å². The van der Waals surface area contributed by atoms with Crippen LogP contribution in [0.2, 0.25) is 5.02 Å². The zero-order valence-electron chi connectivity index (χ0n) is 20.7. The van der Waals surface area contributed by atoms with Gasteiger partial charge in [0, 0.05) is 16.7 Å². The summed E-state index contributed by atoms with van der Waals surface area (Å²) in [5.41, 5.74) is 1.70. The van der Waals surface area contributed by atoms with Gasteiger partial charge in [-0.15, -0.1) is 0 Å². The molecule has 3 aromatic rings. The number of methoxy groups -OCH3 is 1. The van der Waals surface area contributed by atoms with Crippen LogP contribution in [0.15, 0.2) is 54.6 Å². The minimum Gasteiger partial charge on any atom is -0.508 e. The molecule has 1 aliphatic rings. The molecule has 2 aromatic carbocycles. The normalized spacial score (nSPS) is 14.8. The first-order valence-electron chi connectivity index (χ1n) is 12.1. The molecule has 8 nitrogen and oxygen atoms in total. The monoisotopic (exact) mass is 534 g/mol. The van der Waals surface area contributed by atoms with Crippen molar-refractivity contribution in [2.75, 3.05) is 7.11 Å². The van der Waals surface area contributed by atoms with Gasteiger partial charge in [0.05, 0.1) is 18.0 Å². The highest BCUT2D eigenvalue weighted by Gasteiger charge is 2.25. The van der Waals surface area contributed by atoms with Gasteiger partial charge in [-0.05, 0) is 66.6 Å². The molecule has 0 radical (unpaired) electrons. The van der Waals surface area contributed by atoms with Crippen LogP contribution < -0.4 is 15.9 Å². The summed E-state index contributed by atoms with van der Waals surface area (Å²) in [6, 6.07) is 14.1. The second-order valence-electron chi connectivity index (χ2n) is 9.11. The Morgan fingerprint density at radius 1 is 1.11 bits per heavy atom. The van der Waals surface area contributed by atoms with Crippen LogP contribution in [0.1, 0.15) is 44.8 Å². The van der Waals surface area contributed by atoms with E-state index < -0.39 is 23.9 Å². The van der Waals surface area contributed by atoms with Gasteiger partial charge in [0.1, 0.15) is 17.5 Å². The first-order chi connectivity index (χ1) is 18.2. The Morgan fingerprint density at radius 2 is 1.79 bits per heavy atom. The van der Waals surface area contributed by atoms with E-state index in [-0.39, 0.29) is 29.3 Å². The number of halogens is 1. The van der Waals surface area contributed by atoms with Crippen molar-refractivity contribution >= 4 is 41.6 Å². The van der Waals surface area contributed by atoms with Crippen LogP contribution in [0.3, 0.4) is 0 Å². The average Bonchev–Trinajstić information content (AvgIpc) is 2.92. The summed E-state index contributed by atoms with van der Waals surface area (Å²) in [6.07, 6.45) is 6.16. The van der Waals surface area contributed by atoms with E-state index in [1.807, 2.05) is 36.4 Å². The van der Waals surface area contributed by atoms with Crippen LogP contribution in [-0.4, -0.2) is 46.2 Å². The van der Waals surface area contributed by atoms with Crippen LogP contribution in [0.4, 0.5) is 0 Å². The highest BCUT2D eigenvalue weighted by atomic mass is 35.5. The number of aromatic hydroxyl groups is 1. The number of ether oxygens (including phenoxy) is 1. The number of hydrogen-bond donors (Lipinski definition) is 3. The van der Waals surface area contributed by atoms with Crippen molar-refractivity contribution in [1.29, 1.82) is 0 Å². The number of hydrogen-bond acceptors (Lipinski definition) is 6. The Morgan fingerprint density at radius 3 is 2.45 bits per heavy atom. The molecule has 196 valence electrons. The third-order valence-electron chi connectivity index (χ3n) is 6.45. The number of aromatic nitrogens is 1. The summed E-state index contributed by atoms with van der Waals surface area (Å²) in [6.45, 7) is 0. The number of esters is 1. The molecule has 1 amide bonds. The van der Waals surface area contributed by atoms with E-state index >= 15 is 0 Å². The number of fused-ring (bicyclic) bond motifs is 1. The standard InChI is InChI=1S/C29H27ClN2O6/c1-38-29(37)26(15-19-6-11-21(33)12-7-19)32-27(34)25-16-23(28(35)36)22-14-18(8-13-24(22)31-25)3-2-17-4-9-20(30)10-5-17/h4-7,9-14,16,18,26,33H,2-3,8,15H2,1H3,(H,32,34)(H,35,36)/t18?,26-/m0/s1. The van der Waals surface area contributed by atoms with E-state index in [1.165, 1.54) is 25.3 Å². The molecular weight excluding hydrogens is 508 g/mol. The van der Waals surface area contributed by atoms with E-state index in [0.29, 0.717) is 27.6 Å². The number of phenols is 1. The zero-order valence-corrected chi connectivity index (χ0v) is 21.4. The summed E-state index contributed by atoms with van der Waals surface area (Å²) in [5.74, 6) is -2.33. The van der Waals surface area contributed by atoms with Crippen molar-refractivity contribution in [2.24, 2.45) is 5.92 Å². The van der Waals surface area contributed by atoms with Gasteiger partial charge in [0.2, 0.25) is 0 Å². The number of aryl methyl sites for hydroxylation is 1. The lowest BCUT2D eigenvalue weighted by Crippen LogP contribution is -2.45. The Bertz CT molecular complexity index is 1470. The maximum atomic E-state index is 13.1. The fourth-order valence-electron chi connectivity index (χ4n) is 4.41. The molecule has 0 spiro atoms. The third kappa shape index (κ3) is 6.58. The predicted octanol–water partition coefficient (Wildman–Crippen LogP) is 2.87. The molecular formula is C29H27ClN2O6. The predicted molar refractivity (Wildman–Crippen MR) is 142 cm³/mol. The van der Waals surface area contributed by atoms with E-state index in [4.69, 9.17) is 16.3 Å². The summed E-state index contributed by atoms with van der Waals surface area (Å²) >= 11 is 5.96. The first-order valence-corrected chi connectivity index (χ1v) is 12.5. The molecule has 1 heterocycles. The van der Waals surface area contributed by atoms with Crippen molar-refractivity contribution in [2.45, 2.75) is 31.7 Å². The Kier molecular flexibility index (Phi) is 8.43. The molecule has 0 fully saturated rings. The number of pyridine rings is 1. The number of carboxylic acids is 1. The largest absolute Gasteiger partial charge is 0.508 e. The smallest absolute Gasteiger partial charge is 0.336 e. The Hall–Kier alpha value is -4.17. The topological polar surface area (TPSA) is 126 Å². The lowest BCUT2D eigenvalue weighted by atomic mass is 9.91. The van der Waals surface area contributed by atoms with E-state index in [9.17, 15) is 24.6 Å². The molecule has 1 aromatic heterocycles. The number of aromatic carboxylic acids is 1. The highest BCUT2D eigenvalue weighted by molar-refractivity contribution is 6.30. The van der Waals surface area contributed by atoms with Crippen molar-refractivity contribution in [3.05, 3.63) is 92.6 Å². The van der Waals surface area contributed by atoms with Crippen LogP contribution >= 0.6 is 11.6 Å². The van der Waals surface area contributed by atoms with E-state index in [1.54, 1.807) is 12.1 Å². The van der Waals surface area contributed by atoms with Crippen molar-refractivity contribution < 1.29 is 29.3 Å². The number of phenolic OH excluding ortho intramolecular Hbond substituents is 1. The zero-order chi connectivity index (χ0) is 27.2. The SMILES string of the molecule is COC(=O)[C@H](Cc1ccc(O)cc1)NC(=O)c1cc(C(=O)O)c2c(n1)=CCC(CCc1ccc(Cl)cc1)C=2. The third-order valence-corrected chi connectivity index (χ3v) is 6.70. The number of amides is 1. The number of carbonyl (C=O) groups is 3. The van der Waals surface area contributed by atoms with Gasteiger partial charge in [-0.2, -0.15) is 0 Å². The average molecular weight is 535 g/mol. The minimum absolute atomic E-state index is 0.0271. The molecule has 0 saturated carbocycles. The number of benzene rings is 2. The summed E-state index contributed by atoms with van der Waals surface area (Å²) in [5, 5.41) is 23.6. The number of nitrogens with one attached hydrogen (secondary N) is 1. The molecule has 0 saturated heterocycles. The molecule has 0 aliphatic heterocycles. The Labute approximate surface area is 224 Å². The lowest BCUT2D eigenvalue weighted by Gasteiger charge is -2.18. The van der Waals surface area contributed by atoms with Crippen molar-refractivity contribution in [1.82, 2.24) is 10.3 Å².